The summed E-state index contributed by atoms with van der Waals surface area (Å²) in [5.41, 5.74) is 0.909. The van der Waals surface area contributed by atoms with Gasteiger partial charge in [-0.25, -0.2) is 8.42 Å². The van der Waals surface area contributed by atoms with E-state index in [1.165, 1.54) is 23.5 Å². The minimum absolute atomic E-state index is 0.00560. The zero-order valence-corrected chi connectivity index (χ0v) is 26.8. The normalized spacial score (nSPS) is 17.7. The first kappa shape index (κ1) is 35.9. The van der Waals surface area contributed by atoms with Crippen molar-refractivity contribution in [3.63, 3.8) is 0 Å². The van der Waals surface area contributed by atoms with Gasteiger partial charge in [0.1, 0.15) is 11.9 Å². The molecule has 2 aromatic rings. The average molecular weight is 638 g/mol. The van der Waals surface area contributed by atoms with Gasteiger partial charge in [-0.3, -0.25) is 4.79 Å². The number of hydrogen-bond donors (Lipinski definition) is 1. The molecule has 1 fully saturated rings. The fourth-order valence-corrected chi connectivity index (χ4v) is 6.37. The second-order valence-corrected chi connectivity index (χ2v) is 13.0. The third kappa shape index (κ3) is 12.4. The van der Waals surface area contributed by atoms with Gasteiger partial charge in [0.2, 0.25) is 10.0 Å². The summed E-state index contributed by atoms with van der Waals surface area (Å²) in [6.45, 7) is 6.45. The standard InChI is InChI=1S/C32H47NO10S/c1-25(2)21-33(44(36,37)30-11-9-28(38-3)10-12-30)22-31(34)27(19-26-7-5-4-6-8-26)20-32(35)43-29-23-41-17-15-39-13-14-40-16-18-42-24-29/h4-12,25,27,29,31,34H,13-24H2,1-3H3/t27-,31-/m1/s1. The lowest BCUT2D eigenvalue weighted by molar-refractivity contribution is -0.158. The van der Waals surface area contributed by atoms with Crippen molar-refractivity contribution in [2.75, 3.05) is 73.1 Å². The van der Waals surface area contributed by atoms with Crippen LogP contribution >= 0.6 is 0 Å². The first-order chi connectivity index (χ1) is 21.2. The van der Waals surface area contributed by atoms with E-state index in [4.69, 9.17) is 28.4 Å². The zero-order valence-electron chi connectivity index (χ0n) is 26.0. The number of sulfonamides is 1. The summed E-state index contributed by atoms with van der Waals surface area (Å²) in [5, 5.41) is 11.5. The number of aliphatic hydroxyl groups excluding tert-OH is 1. The molecule has 0 bridgehead atoms. The maximum Gasteiger partial charge on any atom is 0.306 e. The summed E-state index contributed by atoms with van der Waals surface area (Å²) in [5.74, 6) is -0.624. The molecule has 1 heterocycles. The highest BCUT2D eigenvalue weighted by Gasteiger charge is 2.32. The molecule has 1 N–H and O–H groups in total. The summed E-state index contributed by atoms with van der Waals surface area (Å²) in [7, 11) is -2.44. The Kier molecular flexibility index (Phi) is 15.5. The molecule has 0 aromatic heterocycles. The summed E-state index contributed by atoms with van der Waals surface area (Å²) in [6.07, 6.45) is -1.60. The molecule has 1 aliphatic rings. The number of esters is 1. The summed E-state index contributed by atoms with van der Waals surface area (Å²) in [4.78, 5) is 13.3. The molecule has 12 heteroatoms. The van der Waals surface area contributed by atoms with Gasteiger partial charge in [0, 0.05) is 19.0 Å². The fraction of sp³-hybridized carbons (Fsp3) is 0.594. The van der Waals surface area contributed by atoms with Crippen LogP contribution in [0.1, 0.15) is 25.8 Å². The van der Waals surface area contributed by atoms with E-state index in [1.54, 1.807) is 12.1 Å². The fourth-order valence-electron chi connectivity index (χ4n) is 4.75. The molecule has 3 rings (SSSR count). The van der Waals surface area contributed by atoms with E-state index in [-0.39, 0.29) is 43.5 Å². The molecule has 0 unspecified atom stereocenters. The minimum Gasteiger partial charge on any atom is -0.497 e. The number of ether oxygens (including phenoxy) is 6. The third-order valence-electron chi connectivity index (χ3n) is 6.99. The minimum atomic E-state index is -3.95. The van der Waals surface area contributed by atoms with Crippen molar-refractivity contribution in [3.8, 4) is 5.75 Å². The summed E-state index contributed by atoms with van der Waals surface area (Å²) >= 11 is 0. The molecule has 0 radical (unpaired) electrons. The molecule has 0 saturated carbocycles. The van der Waals surface area contributed by atoms with Gasteiger partial charge in [0.05, 0.1) is 77.4 Å². The highest BCUT2D eigenvalue weighted by atomic mass is 32.2. The van der Waals surface area contributed by atoms with Crippen molar-refractivity contribution in [2.45, 2.75) is 43.8 Å². The van der Waals surface area contributed by atoms with Gasteiger partial charge >= 0.3 is 5.97 Å². The molecule has 44 heavy (non-hydrogen) atoms. The Balaban J connectivity index is 1.75. The van der Waals surface area contributed by atoms with Gasteiger partial charge in [-0.2, -0.15) is 4.31 Å². The molecule has 2 aromatic carbocycles. The molecule has 2 atom stereocenters. The van der Waals surface area contributed by atoms with Crippen molar-refractivity contribution < 1.29 is 46.7 Å². The van der Waals surface area contributed by atoms with E-state index in [0.717, 1.165) is 5.56 Å². The van der Waals surface area contributed by atoms with E-state index >= 15 is 0 Å². The van der Waals surface area contributed by atoms with Crippen LogP contribution in [0.4, 0.5) is 0 Å². The molecular weight excluding hydrogens is 590 g/mol. The largest absolute Gasteiger partial charge is 0.497 e. The quantitative estimate of drug-likeness (QED) is 0.327. The highest BCUT2D eigenvalue weighted by Crippen LogP contribution is 2.24. The zero-order chi connectivity index (χ0) is 31.8. The Morgan fingerprint density at radius 3 is 2.00 bits per heavy atom. The van der Waals surface area contributed by atoms with Gasteiger partial charge in [-0.05, 0) is 42.2 Å². The lowest BCUT2D eigenvalue weighted by atomic mass is 9.90. The van der Waals surface area contributed by atoms with Crippen LogP contribution in [-0.4, -0.2) is 109 Å². The van der Waals surface area contributed by atoms with Gasteiger partial charge in [-0.15, -0.1) is 0 Å². The monoisotopic (exact) mass is 637 g/mol. The molecule has 246 valence electrons. The predicted molar refractivity (Wildman–Crippen MR) is 164 cm³/mol. The van der Waals surface area contributed by atoms with Crippen LogP contribution in [-0.2, 0) is 44.9 Å². The predicted octanol–water partition coefficient (Wildman–Crippen LogP) is 2.94. The Bertz CT molecular complexity index is 1180. The molecule has 0 spiro atoms. The number of carbonyl (C=O) groups excluding carboxylic acids is 1. The number of aliphatic hydroxyl groups is 1. The molecule has 0 aliphatic carbocycles. The number of benzene rings is 2. The number of hydrogen-bond acceptors (Lipinski definition) is 10. The second kappa shape index (κ2) is 19.1. The first-order valence-corrected chi connectivity index (χ1v) is 16.5. The van der Waals surface area contributed by atoms with E-state index < -0.39 is 34.1 Å². The van der Waals surface area contributed by atoms with Gasteiger partial charge in [0.25, 0.3) is 0 Å². The van der Waals surface area contributed by atoms with E-state index in [9.17, 15) is 18.3 Å². The SMILES string of the molecule is COc1ccc(S(=O)(=O)N(CC(C)C)C[C@@H](O)[C@@H](CC(=O)OC2COCCOCCOCCOC2)Cc2ccccc2)cc1. The Labute approximate surface area is 261 Å². The Morgan fingerprint density at radius 1 is 0.886 bits per heavy atom. The van der Waals surface area contributed by atoms with Crippen LogP contribution in [0, 0.1) is 11.8 Å². The van der Waals surface area contributed by atoms with Crippen LogP contribution in [0.15, 0.2) is 59.5 Å². The summed E-state index contributed by atoms with van der Waals surface area (Å²) < 4.78 is 61.7. The van der Waals surface area contributed by atoms with Gasteiger partial charge < -0.3 is 33.5 Å². The van der Waals surface area contributed by atoms with Crippen molar-refractivity contribution in [1.29, 1.82) is 0 Å². The Hall–Kier alpha value is -2.58. The van der Waals surface area contributed by atoms with Crippen molar-refractivity contribution in [2.24, 2.45) is 11.8 Å². The van der Waals surface area contributed by atoms with Gasteiger partial charge in [-0.1, -0.05) is 44.2 Å². The average Bonchev–Trinajstić information content (AvgIpc) is 3.03. The van der Waals surface area contributed by atoms with Crippen molar-refractivity contribution in [1.82, 2.24) is 4.31 Å². The van der Waals surface area contributed by atoms with Gasteiger partial charge in [0.15, 0.2) is 0 Å². The number of methoxy groups -OCH3 is 1. The third-order valence-corrected chi connectivity index (χ3v) is 8.84. The first-order valence-electron chi connectivity index (χ1n) is 15.1. The molecule has 1 aliphatic heterocycles. The molecule has 1 saturated heterocycles. The second-order valence-electron chi connectivity index (χ2n) is 11.1. The number of carbonyl (C=O) groups is 1. The smallest absolute Gasteiger partial charge is 0.306 e. The van der Waals surface area contributed by atoms with E-state index in [2.05, 4.69) is 0 Å². The number of rotatable bonds is 13. The molecule has 0 amide bonds. The topological polar surface area (TPSA) is 130 Å². The highest BCUT2D eigenvalue weighted by molar-refractivity contribution is 7.89. The van der Waals surface area contributed by atoms with Crippen LogP contribution in [0.2, 0.25) is 0 Å². The van der Waals surface area contributed by atoms with E-state index in [1.807, 2.05) is 44.2 Å². The van der Waals surface area contributed by atoms with E-state index in [0.29, 0.717) is 51.8 Å². The van der Waals surface area contributed by atoms with Crippen molar-refractivity contribution in [3.05, 3.63) is 60.2 Å². The maximum atomic E-state index is 13.7. The maximum absolute atomic E-state index is 13.7. The number of nitrogens with zero attached hydrogens (tertiary/aromatic N) is 1. The van der Waals surface area contributed by atoms with Crippen LogP contribution in [0.5, 0.6) is 5.75 Å². The lowest BCUT2D eigenvalue weighted by Crippen LogP contribution is -2.43. The van der Waals surface area contributed by atoms with Crippen LogP contribution in [0.25, 0.3) is 0 Å². The molecular formula is C32H47NO10S. The lowest BCUT2D eigenvalue weighted by Gasteiger charge is -2.30. The summed E-state index contributed by atoms with van der Waals surface area (Å²) in [6, 6.07) is 15.6. The van der Waals surface area contributed by atoms with Crippen molar-refractivity contribution >= 4 is 16.0 Å². The Morgan fingerprint density at radius 2 is 1.45 bits per heavy atom. The van der Waals surface area contributed by atoms with Crippen LogP contribution < -0.4 is 4.74 Å². The molecule has 11 nitrogen and oxygen atoms in total. The van der Waals surface area contributed by atoms with Crippen LogP contribution in [0.3, 0.4) is 0 Å².